The molecule has 1 unspecified atom stereocenters. The van der Waals surface area contributed by atoms with Crippen LogP contribution in [0.15, 0.2) is 0 Å². The van der Waals surface area contributed by atoms with Gasteiger partial charge in [0, 0.05) is 4.88 Å². The third-order valence-corrected chi connectivity index (χ3v) is 4.86. The summed E-state index contributed by atoms with van der Waals surface area (Å²) in [6.07, 6.45) is 0.812. The minimum Gasteiger partial charge on any atom is -0.367 e. The van der Waals surface area contributed by atoms with Crippen molar-refractivity contribution in [2.24, 2.45) is 0 Å². The van der Waals surface area contributed by atoms with E-state index >= 15 is 0 Å². The van der Waals surface area contributed by atoms with Gasteiger partial charge in [-0.2, -0.15) is 0 Å². The Kier molecular flexibility index (Phi) is 4.31. The van der Waals surface area contributed by atoms with E-state index in [1.807, 2.05) is 27.7 Å². The number of ether oxygens (including phenoxy) is 1. The number of amides is 2. The molecular weight excluding hydrogens is 286 g/mol. The normalized spacial score (nSPS) is 23.0. The van der Waals surface area contributed by atoms with Gasteiger partial charge in [-0.1, -0.05) is 0 Å². The highest BCUT2D eigenvalue weighted by atomic mass is 32.1. The summed E-state index contributed by atoms with van der Waals surface area (Å²) < 4.78 is 5.98. The molecule has 5 nitrogen and oxygen atoms in total. The zero-order valence-electron chi connectivity index (χ0n) is 13.7. The Morgan fingerprint density at radius 1 is 1.38 bits per heavy atom. The van der Waals surface area contributed by atoms with Gasteiger partial charge >= 0.3 is 6.03 Å². The average molecular weight is 311 g/mol. The topological polar surface area (TPSA) is 63.2 Å². The lowest BCUT2D eigenvalue weighted by Crippen LogP contribution is -2.49. The van der Waals surface area contributed by atoms with Crippen LogP contribution in [0, 0.1) is 13.8 Å². The van der Waals surface area contributed by atoms with Crippen LogP contribution in [-0.2, 0) is 11.3 Å². The van der Waals surface area contributed by atoms with Gasteiger partial charge in [0.25, 0.3) is 0 Å². The van der Waals surface area contributed by atoms with Gasteiger partial charge in [0.2, 0.25) is 0 Å². The fourth-order valence-electron chi connectivity index (χ4n) is 2.89. The molecule has 118 valence electrons. The molecule has 6 heteroatoms. The molecule has 2 rings (SSSR count). The van der Waals surface area contributed by atoms with Crippen molar-refractivity contribution in [1.29, 1.82) is 0 Å². The molecule has 0 aliphatic carbocycles. The first-order chi connectivity index (χ1) is 9.59. The van der Waals surface area contributed by atoms with Crippen molar-refractivity contribution in [2.75, 3.05) is 0 Å². The number of thiazole rings is 1. The molecule has 0 aromatic carbocycles. The number of carbonyl (C=O) groups is 1. The van der Waals surface area contributed by atoms with Gasteiger partial charge in [-0.05, 0) is 48.0 Å². The van der Waals surface area contributed by atoms with Crippen LogP contribution in [0.4, 0.5) is 4.79 Å². The number of rotatable bonds is 3. The highest BCUT2D eigenvalue weighted by molar-refractivity contribution is 7.11. The minimum atomic E-state index is -0.349. The highest BCUT2D eigenvalue weighted by Crippen LogP contribution is 2.37. The minimum absolute atomic E-state index is 0.0109. The Morgan fingerprint density at radius 3 is 2.52 bits per heavy atom. The number of hydrogen-bond acceptors (Lipinski definition) is 4. The number of nitrogens with one attached hydrogen (secondary N) is 2. The van der Waals surface area contributed by atoms with E-state index in [2.05, 4.69) is 29.5 Å². The maximum Gasteiger partial charge on any atom is 0.315 e. The number of aryl methyl sites for hydroxylation is 2. The maximum absolute atomic E-state index is 12.1. The van der Waals surface area contributed by atoms with E-state index < -0.39 is 0 Å². The molecular formula is C15H25N3O2S. The number of nitrogens with zero attached hydrogens (tertiary/aromatic N) is 1. The third kappa shape index (κ3) is 3.95. The molecule has 0 radical (unpaired) electrons. The Bertz CT molecular complexity index is 537. The molecule has 1 aliphatic heterocycles. The molecule has 2 amide bonds. The first kappa shape index (κ1) is 16.2. The molecule has 0 bridgehead atoms. The second-order valence-corrected chi connectivity index (χ2v) is 8.08. The second kappa shape index (κ2) is 5.57. The number of carbonyl (C=O) groups excluding carboxylic acids is 1. The van der Waals surface area contributed by atoms with Crippen LogP contribution in [0.2, 0.25) is 0 Å². The van der Waals surface area contributed by atoms with E-state index in [0.717, 1.165) is 22.0 Å². The predicted molar refractivity (Wildman–Crippen MR) is 84.6 cm³/mol. The summed E-state index contributed by atoms with van der Waals surface area (Å²) in [5, 5.41) is 6.97. The van der Waals surface area contributed by atoms with Crippen molar-refractivity contribution in [3.05, 3.63) is 15.6 Å². The summed E-state index contributed by atoms with van der Waals surface area (Å²) in [6.45, 7) is 12.6. The van der Waals surface area contributed by atoms with Crippen LogP contribution in [0.25, 0.3) is 0 Å². The van der Waals surface area contributed by atoms with Gasteiger partial charge in [-0.3, -0.25) is 0 Å². The van der Waals surface area contributed by atoms with E-state index in [4.69, 9.17) is 4.74 Å². The molecule has 0 saturated carbocycles. The molecule has 1 fully saturated rings. The SMILES string of the molecule is Cc1nc(C)c(CNC(=O)NC2CC(C)(C)OC2(C)C)s1. The van der Waals surface area contributed by atoms with E-state index in [1.54, 1.807) is 11.3 Å². The van der Waals surface area contributed by atoms with Crippen LogP contribution in [-0.4, -0.2) is 28.3 Å². The van der Waals surface area contributed by atoms with E-state index in [-0.39, 0.29) is 23.3 Å². The Labute approximate surface area is 130 Å². The van der Waals surface area contributed by atoms with Crippen LogP contribution in [0.5, 0.6) is 0 Å². The summed E-state index contributed by atoms with van der Waals surface area (Å²) in [7, 11) is 0. The average Bonchev–Trinajstić information content (AvgIpc) is 2.72. The lowest BCUT2D eigenvalue weighted by atomic mass is 9.95. The summed E-state index contributed by atoms with van der Waals surface area (Å²) in [5.41, 5.74) is 0.438. The molecule has 0 spiro atoms. The zero-order chi connectivity index (χ0) is 15.8. The first-order valence-corrected chi connectivity index (χ1v) is 8.08. The first-order valence-electron chi connectivity index (χ1n) is 7.26. The molecule has 1 atom stereocenters. The molecule has 1 aromatic rings. The quantitative estimate of drug-likeness (QED) is 0.902. The molecule has 21 heavy (non-hydrogen) atoms. The summed E-state index contributed by atoms with van der Waals surface area (Å²) in [5.74, 6) is 0. The van der Waals surface area contributed by atoms with Gasteiger partial charge in [0.05, 0.1) is 34.5 Å². The van der Waals surface area contributed by atoms with E-state index in [0.29, 0.717) is 6.54 Å². The van der Waals surface area contributed by atoms with Crippen molar-refractivity contribution < 1.29 is 9.53 Å². The molecule has 1 saturated heterocycles. The van der Waals surface area contributed by atoms with Crippen LogP contribution in [0.1, 0.15) is 49.7 Å². The van der Waals surface area contributed by atoms with Gasteiger partial charge < -0.3 is 15.4 Å². The monoisotopic (exact) mass is 311 g/mol. The van der Waals surface area contributed by atoms with Gasteiger partial charge in [-0.15, -0.1) is 11.3 Å². The van der Waals surface area contributed by atoms with Crippen molar-refractivity contribution in [3.8, 4) is 0 Å². The zero-order valence-corrected chi connectivity index (χ0v) is 14.5. The van der Waals surface area contributed by atoms with Crippen LogP contribution >= 0.6 is 11.3 Å². The van der Waals surface area contributed by atoms with Crippen molar-refractivity contribution in [2.45, 2.75) is 71.8 Å². The smallest absolute Gasteiger partial charge is 0.315 e. The largest absolute Gasteiger partial charge is 0.367 e. The summed E-state index contributed by atoms with van der Waals surface area (Å²) in [6, 6.07) is -0.142. The molecule has 2 heterocycles. The fourth-order valence-corrected chi connectivity index (χ4v) is 3.77. The molecule has 1 aliphatic rings. The van der Waals surface area contributed by atoms with Crippen molar-refractivity contribution in [1.82, 2.24) is 15.6 Å². The summed E-state index contributed by atoms with van der Waals surface area (Å²) in [4.78, 5) is 17.6. The lowest BCUT2D eigenvalue weighted by Gasteiger charge is -2.27. The summed E-state index contributed by atoms with van der Waals surface area (Å²) >= 11 is 1.62. The fraction of sp³-hybridized carbons (Fsp3) is 0.733. The number of urea groups is 1. The Morgan fingerprint density at radius 2 is 2.05 bits per heavy atom. The highest BCUT2D eigenvalue weighted by Gasteiger charge is 2.46. The Hall–Kier alpha value is -1.14. The van der Waals surface area contributed by atoms with Gasteiger partial charge in [0.15, 0.2) is 0 Å². The van der Waals surface area contributed by atoms with Crippen molar-refractivity contribution in [3.63, 3.8) is 0 Å². The third-order valence-electron chi connectivity index (χ3n) is 3.79. The molecule has 2 N–H and O–H groups in total. The van der Waals surface area contributed by atoms with E-state index in [1.165, 1.54) is 0 Å². The number of aromatic nitrogens is 1. The second-order valence-electron chi connectivity index (χ2n) is 6.79. The van der Waals surface area contributed by atoms with Gasteiger partial charge in [0.1, 0.15) is 0 Å². The lowest BCUT2D eigenvalue weighted by molar-refractivity contribution is -0.0690. The van der Waals surface area contributed by atoms with Crippen molar-refractivity contribution >= 4 is 17.4 Å². The predicted octanol–water partition coefficient (Wildman–Crippen LogP) is 2.91. The Balaban J connectivity index is 1.89. The maximum atomic E-state index is 12.1. The van der Waals surface area contributed by atoms with Gasteiger partial charge in [-0.25, -0.2) is 9.78 Å². The van der Waals surface area contributed by atoms with E-state index in [9.17, 15) is 4.79 Å². The van der Waals surface area contributed by atoms with Crippen LogP contribution in [0.3, 0.4) is 0 Å². The number of hydrogen-bond donors (Lipinski definition) is 2. The molecule has 1 aromatic heterocycles. The standard InChI is InChI=1S/C15H25N3O2S/c1-9-11(21-10(2)17-9)8-16-13(19)18-12-7-14(3,4)20-15(12,5)6/h12H,7-8H2,1-6H3,(H2,16,18,19). The van der Waals surface area contributed by atoms with Crippen LogP contribution < -0.4 is 10.6 Å².